The van der Waals surface area contributed by atoms with Crippen LogP contribution in [0.25, 0.3) is 0 Å². The van der Waals surface area contributed by atoms with Crippen LogP contribution in [-0.4, -0.2) is 74.2 Å². The Morgan fingerprint density at radius 1 is 1.26 bits per heavy atom. The lowest BCUT2D eigenvalue weighted by Crippen LogP contribution is -2.39. The van der Waals surface area contributed by atoms with Crippen LogP contribution in [0.2, 0.25) is 0 Å². The number of piperidine rings is 1. The van der Waals surface area contributed by atoms with Crippen LogP contribution in [0.15, 0.2) is 4.52 Å². The second kappa shape index (κ2) is 10.7. The zero-order valence-corrected chi connectivity index (χ0v) is 16.2. The molecule has 0 radical (unpaired) electrons. The number of carbonyl (C=O) groups excluding carboxylic acids is 1. The van der Waals surface area contributed by atoms with Gasteiger partial charge in [-0.25, -0.2) is 0 Å². The van der Waals surface area contributed by atoms with E-state index < -0.39 is 0 Å². The molecule has 152 valence electrons. The molecule has 0 N–H and O–H groups in total. The van der Waals surface area contributed by atoms with Crippen molar-refractivity contribution in [1.82, 2.24) is 15.0 Å². The van der Waals surface area contributed by atoms with Crippen LogP contribution in [-0.2, 0) is 25.4 Å². The summed E-state index contributed by atoms with van der Waals surface area (Å²) in [7, 11) is 1.61. The molecule has 0 aliphatic carbocycles. The average molecular weight is 381 g/mol. The summed E-state index contributed by atoms with van der Waals surface area (Å²) >= 11 is 0. The van der Waals surface area contributed by atoms with Crippen LogP contribution < -0.4 is 0 Å². The third kappa shape index (κ3) is 6.26. The molecule has 0 saturated carbocycles. The van der Waals surface area contributed by atoms with Crippen molar-refractivity contribution in [3.05, 3.63) is 11.7 Å². The van der Waals surface area contributed by atoms with E-state index in [1.165, 1.54) is 0 Å². The molecule has 2 aliphatic heterocycles. The summed E-state index contributed by atoms with van der Waals surface area (Å²) < 4.78 is 21.6. The van der Waals surface area contributed by atoms with Crippen LogP contribution in [0.5, 0.6) is 0 Å². The smallest absolute Gasteiger partial charge is 0.231 e. The Morgan fingerprint density at radius 3 is 2.93 bits per heavy atom. The van der Waals surface area contributed by atoms with Crippen LogP contribution in [0.4, 0.5) is 0 Å². The Hall–Kier alpha value is -1.51. The molecule has 0 bridgehead atoms. The van der Waals surface area contributed by atoms with Crippen LogP contribution in [0, 0.1) is 5.92 Å². The van der Waals surface area contributed by atoms with E-state index in [9.17, 15) is 4.79 Å². The monoisotopic (exact) mass is 381 g/mol. The molecule has 8 heteroatoms. The van der Waals surface area contributed by atoms with Crippen LogP contribution in [0.3, 0.4) is 0 Å². The molecule has 2 saturated heterocycles. The Balaban J connectivity index is 1.40. The van der Waals surface area contributed by atoms with E-state index in [0.717, 1.165) is 52.0 Å². The molecule has 2 fully saturated rings. The topological polar surface area (TPSA) is 86.9 Å². The number of likely N-dealkylation sites (tertiary alicyclic amines) is 1. The number of rotatable bonds is 9. The second-order valence-electron chi connectivity index (χ2n) is 7.35. The average Bonchev–Trinajstić information content (AvgIpc) is 3.19. The Labute approximate surface area is 160 Å². The van der Waals surface area contributed by atoms with Crippen molar-refractivity contribution < 1.29 is 23.5 Å². The number of carbonyl (C=O) groups is 1. The Morgan fingerprint density at radius 2 is 2.11 bits per heavy atom. The highest BCUT2D eigenvalue weighted by molar-refractivity contribution is 5.76. The first-order valence-electron chi connectivity index (χ1n) is 10.0. The van der Waals surface area contributed by atoms with Gasteiger partial charge in [-0.1, -0.05) is 5.16 Å². The molecule has 3 heterocycles. The molecular weight excluding hydrogens is 350 g/mol. The molecule has 1 unspecified atom stereocenters. The van der Waals surface area contributed by atoms with Crippen molar-refractivity contribution in [3.8, 4) is 0 Å². The van der Waals surface area contributed by atoms with Crippen molar-refractivity contribution in [1.29, 1.82) is 0 Å². The lowest BCUT2D eigenvalue weighted by molar-refractivity contribution is -0.133. The number of nitrogens with zero attached hydrogens (tertiary/aromatic N) is 3. The number of hydrogen-bond donors (Lipinski definition) is 0. The van der Waals surface area contributed by atoms with Crippen molar-refractivity contribution in [3.63, 3.8) is 0 Å². The molecule has 27 heavy (non-hydrogen) atoms. The highest BCUT2D eigenvalue weighted by atomic mass is 16.5. The van der Waals surface area contributed by atoms with Gasteiger partial charge in [-0.3, -0.25) is 4.79 Å². The standard InChI is InChI=1S/C19H31N3O5/c1-24-9-7-18(23)22-8-2-3-16(13-22)19-20-17(21-27-19)6-12-26-14-15-4-10-25-11-5-15/h15-16H,2-14H2,1H3. The van der Waals surface area contributed by atoms with Gasteiger partial charge in [0.2, 0.25) is 11.8 Å². The lowest BCUT2D eigenvalue weighted by Gasteiger charge is -2.31. The summed E-state index contributed by atoms with van der Waals surface area (Å²) in [6.45, 7) is 4.95. The molecule has 2 aliphatic rings. The normalized spacial score (nSPS) is 21.5. The van der Waals surface area contributed by atoms with Gasteiger partial charge in [-0.05, 0) is 31.6 Å². The van der Waals surface area contributed by atoms with Crippen molar-refractivity contribution in [2.24, 2.45) is 5.92 Å². The highest BCUT2D eigenvalue weighted by Gasteiger charge is 2.28. The van der Waals surface area contributed by atoms with E-state index in [1.807, 2.05) is 4.90 Å². The minimum absolute atomic E-state index is 0.120. The van der Waals surface area contributed by atoms with Gasteiger partial charge < -0.3 is 23.6 Å². The molecule has 3 rings (SSSR count). The van der Waals surface area contributed by atoms with Crippen LogP contribution >= 0.6 is 0 Å². The summed E-state index contributed by atoms with van der Waals surface area (Å²) in [5.74, 6) is 2.17. The molecule has 1 aromatic heterocycles. The first kappa shape index (κ1) is 20.2. The van der Waals surface area contributed by atoms with Gasteiger partial charge in [0.05, 0.1) is 25.6 Å². The SMILES string of the molecule is COCCC(=O)N1CCCC(c2nc(CCOCC3CCOCC3)no2)C1. The minimum Gasteiger partial charge on any atom is -0.384 e. The van der Waals surface area contributed by atoms with Gasteiger partial charge in [0.15, 0.2) is 5.82 Å². The molecule has 1 atom stereocenters. The minimum atomic E-state index is 0.120. The predicted molar refractivity (Wildman–Crippen MR) is 97.4 cm³/mol. The molecule has 8 nitrogen and oxygen atoms in total. The van der Waals surface area contributed by atoms with E-state index in [4.69, 9.17) is 18.7 Å². The maximum atomic E-state index is 12.2. The largest absolute Gasteiger partial charge is 0.384 e. The van der Waals surface area contributed by atoms with E-state index >= 15 is 0 Å². The van der Waals surface area contributed by atoms with E-state index in [1.54, 1.807) is 7.11 Å². The number of hydrogen-bond acceptors (Lipinski definition) is 7. The van der Waals surface area contributed by atoms with Crippen molar-refractivity contribution in [2.45, 2.75) is 44.4 Å². The Kier molecular flexibility index (Phi) is 8.04. The summed E-state index contributed by atoms with van der Waals surface area (Å²) in [6.07, 6.45) is 5.14. The number of ether oxygens (including phenoxy) is 3. The maximum Gasteiger partial charge on any atom is 0.231 e. The van der Waals surface area contributed by atoms with Gasteiger partial charge in [0.25, 0.3) is 0 Å². The third-order valence-electron chi connectivity index (χ3n) is 5.29. The molecular formula is C19H31N3O5. The fourth-order valence-electron chi connectivity index (χ4n) is 3.61. The van der Waals surface area contributed by atoms with Gasteiger partial charge in [-0.2, -0.15) is 4.98 Å². The lowest BCUT2D eigenvalue weighted by atomic mass is 9.97. The molecule has 0 aromatic carbocycles. The van der Waals surface area contributed by atoms with Gasteiger partial charge in [0, 0.05) is 46.4 Å². The summed E-state index contributed by atoms with van der Waals surface area (Å²) in [5, 5.41) is 4.09. The fourth-order valence-corrected chi connectivity index (χ4v) is 3.61. The molecule has 1 aromatic rings. The highest BCUT2D eigenvalue weighted by Crippen LogP contribution is 2.26. The first-order valence-corrected chi connectivity index (χ1v) is 10.0. The quantitative estimate of drug-likeness (QED) is 0.603. The maximum absolute atomic E-state index is 12.2. The zero-order valence-electron chi connectivity index (χ0n) is 16.2. The molecule has 0 spiro atoms. The first-order chi connectivity index (χ1) is 13.3. The number of methoxy groups -OCH3 is 1. The van der Waals surface area contributed by atoms with Gasteiger partial charge in [0.1, 0.15) is 0 Å². The summed E-state index contributed by atoms with van der Waals surface area (Å²) in [5.41, 5.74) is 0. The predicted octanol–water partition coefficient (Wildman–Crippen LogP) is 1.80. The van der Waals surface area contributed by atoms with Crippen LogP contribution in [0.1, 0.15) is 49.7 Å². The molecule has 1 amide bonds. The number of aromatic nitrogens is 2. The van der Waals surface area contributed by atoms with Crippen molar-refractivity contribution >= 4 is 5.91 Å². The number of amides is 1. The van der Waals surface area contributed by atoms with E-state index in [0.29, 0.717) is 50.2 Å². The van der Waals surface area contributed by atoms with Gasteiger partial charge >= 0.3 is 0 Å². The van der Waals surface area contributed by atoms with Crippen molar-refractivity contribution in [2.75, 3.05) is 53.2 Å². The van der Waals surface area contributed by atoms with Gasteiger partial charge in [-0.15, -0.1) is 0 Å². The summed E-state index contributed by atoms with van der Waals surface area (Å²) in [4.78, 5) is 18.6. The third-order valence-corrected chi connectivity index (χ3v) is 5.29. The Bertz CT molecular complexity index is 573. The fraction of sp³-hybridized carbons (Fsp3) is 0.842. The van der Waals surface area contributed by atoms with E-state index in [2.05, 4.69) is 10.1 Å². The van der Waals surface area contributed by atoms with E-state index in [-0.39, 0.29) is 11.8 Å². The second-order valence-corrected chi connectivity index (χ2v) is 7.35. The summed E-state index contributed by atoms with van der Waals surface area (Å²) in [6, 6.07) is 0. The zero-order chi connectivity index (χ0) is 18.9.